The number of fused-ring (bicyclic) bond motifs is 2. The summed E-state index contributed by atoms with van der Waals surface area (Å²) in [5.41, 5.74) is 1.66. The molecule has 0 unspecified atom stereocenters. The number of aliphatic hydroxyl groups is 1. The fourth-order valence-electron chi connectivity index (χ4n) is 6.53. The van der Waals surface area contributed by atoms with E-state index in [1.807, 2.05) is 60.7 Å². The number of amides is 2. The second-order valence-electron chi connectivity index (χ2n) is 10.7. The van der Waals surface area contributed by atoms with Crippen LogP contribution in [0.25, 0.3) is 0 Å². The van der Waals surface area contributed by atoms with Gasteiger partial charge in [-0.15, -0.1) is 0 Å². The number of rotatable bonds is 8. The summed E-state index contributed by atoms with van der Waals surface area (Å²) in [4.78, 5) is 27.5. The summed E-state index contributed by atoms with van der Waals surface area (Å²) in [5, 5.41) is 14.3. The zero-order valence-electron chi connectivity index (χ0n) is 22.2. The minimum atomic E-state index is -2.22. The molecule has 2 amide bonds. The summed E-state index contributed by atoms with van der Waals surface area (Å²) < 4.78 is 12.1. The third kappa shape index (κ3) is 4.04. The average Bonchev–Trinajstić information content (AvgIpc) is 3.38. The van der Waals surface area contributed by atoms with E-state index in [0.717, 1.165) is 23.4 Å². The molecule has 0 radical (unpaired) electrons. The minimum absolute atomic E-state index is 0.0293. The molecule has 5 rings (SSSR count). The van der Waals surface area contributed by atoms with Crippen LogP contribution in [0.5, 0.6) is 5.75 Å². The topological polar surface area (TPSA) is 88.1 Å². The Morgan fingerprint density at radius 1 is 1.08 bits per heavy atom. The number of para-hydroxylation sites is 1. The van der Waals surface area contributed by atoms with Crippen molar-refractivity contribution >= 4 is 42.6 Å². The second kappa shape index (κ2) is 10.0. The van der Waals surface area contributed by atoms with E-state index in [9.17, 15) is 14.7 Å². The Morgan fingerprint density at radius 2 is 1.79 bits per heavy atom. The van der Waals surface area contributed by atoms with E-state index in [2.05, 4.69) is 37.5 Å². The van der Waals surface area contributed by atoms with Gasteiger partial charge in [0.1, 0.15) is 5.75 Å². The molecule has 3 aromatic rings. The molecular formula is C30H34N2O5Si. The van der Waals surface area contributed by atoms with Crippen molar-refractivity contribution in [3.8, 4) is 5.75 Å². The summed E-state index contributed by atoms with van der Waals surface area (Å²) in [6, 6.07) is 23.1. The van der Waals surface area contributed by atoms with Gasteiger partial charge in [0.15, 0.2) is 5.60 Å². The van der Waals surface area contributed by atoms with Gasteiger partial charge < -0.3 is 19.9 Å². The van der Waals surface area contributed by atoms with Crippen LogP contribution in [0.1, 0.15) is 18.9 Å². The molecule has 2 aliphatic heterocycles. The quantitative estimate of drug-likeness (QED) is 0.330. The van der Waals surface area contributed by atoms with Crippen molar-refractivity contribution < 1.29 is 24.2 Å². The van der Waals surface area contributed by atoms with Gasteiger partial charge in [-0.3, -0.25) is 14.5 Å². The van der Waals surface area contributed by atoms with Crippen LogP contribution in [-0.4, -0.2) is 45.3 Å². The fraction of sp³-hybridized carbons (Fsp3) is 0.333. The maximum absolute atomic E-state index is 13.7. The molecule has 8 heteroatoms. The highest BCUT2D eigenvalue weighted by molar-refractivity contribution is 6.91. The molecule has 1 spiro atoms. The molecule has 4 atom stereocenters. The van der Waals surface area contributed by atoms with Gasteiger partial charge in [0.05, 0.1) is 21.3 Å². The lowest BCUT2D eigenvalue weighted by Crippen LogP contribution is -2.51. The minimum Gasteiger partial charge on any atom is -0.497 e. The number of methoxy groups -OCH3 is 1. The first kappa shape index (κ1) is 26.2. The maximum atomic E-state index is 13.7. The van der Waals surface area contributed by atoms with Crippen molar-refractivity contribution in [1.82, 2.24) is 0 Å². The number of carbonyl (C=O) groups is 2. The molecule has 0 aliphatic carbocycles. The van der Waals surface area contributed by atoms with Crippen LogP contribution in [0, 0.1) is 5.92 Å². The number of hydrogen-bond acceptors (Lipinski definition) is 5. The zero-order valence-corrected chi connectivity index (χ0v) is 23.2. The van der Waals surface area contributed by atoms with Crippen LogP contribution in [0.3, 0.4) is 0 Å². The van der Waals surface area contributed by atoms with Crippen molar-refractivity contribution in [2.24, 2.45) is 5.92 Å². The van der Waals surface area contributed by atoms with E-state index in [-0.39, 0.29) is 30.1 Å². The van der Waals surface area contributed by atoms with E-state index in [0.29, 0.717) is 17.8 Å². The largest absolute Gasteiger partial charge is 0.497 e. The molecular weight excluding hydrogens is 496 g/mol. The van der Waals surface area contributed by atoms with Gasteiger partial charge in [-0.2, -0.15) is 0 Å². The highest BCUT2D eigenvalue weighted by Gasteiger charge is 2.64. The summed E-state index contributed by atoms with van der Waals surface area (Å²) in [5.74, 6) is 0.438. The normalized spacial score (nSPS) is 24.2. The van der Waals surface area contributed by atoms with E-state index >= 15 is 0 Å². The second-order valence-corrected chi connectivity index (χ2v) is 15.4. The van der Waals surface area contributed by atoms with E-state index < -0.39 is 13.7 Å². The SMILES string of the molecule is COc1ccc([Si](C)(C)[C@@H]2[C@@H](CCO)O[C@]3(C(=O)Nc4ccc(N(C=O)c5ccccc5)cc43)[C@H]2C)cc1. The van der Waals surface area contributed by atoms with Crippen LogP contribution in [0.15, 0.2) is 72.8 Å². The highest BCUT2D eigenvalue weighted by Crippen LogP contribution is 2.59. The zero-order chi connectivity index (χ0) is 27.1. The van der Waals surface area contributed by atoms with Crippen LogP contribution in [0.2, 0.25) is 18.6 Å². The molecule has 2 N–H and O–H groups in total. The fourth-order valence-corrected chi connectivity index (χ4v) is 10.6. The van der Waals surface area contributed by atoms with Gasteiger partial charge in [0.25, 0.3) is 5.91 Å². The number of hydrogen-bond donors (Lipinski definition) is 2. The number of aliphatic hydroxyl groups excluding tert-OH is 1. The molecule has 0 aromatic heterocycles. The standard InChI is InChI=1S/C30H34N2O5Si/c1-20-28(38(3,4)24-13-11-23(36-2)12-14-24)27(16-17-33)37-30(20)25-18-22(10-15-26(25)31-29(30)35)32(19-34)21-8-6-5-7-9-21/h5-15,18-20,27-28,33H,16-17H2,1-4H3,(H,31,35)/t20-,27+,28-,30+/m0/s1. The maximum Gasteiger partial charge on any atom is 0.261 e. The predicted octanol–water partition coefficient (Wildman–Crippen LogP) is 4.54. The highest BCUT2D eigenvalue weighted by atomic mass is 28.3. The number of nitrogens with zero attached hydrogens (tertiary/aromatic N) is 1. The van der Waals surface area contributed by atoms with Gasteiger partial charge >= 0.3 is 0 Å². The molecule has 38 heavy (non-hydrogen) atoms. The predicted molar refractivity (Wildman–Crippen MR) is 151 cm³/mol. The van der Waals surface area contributed by atoms with Crippen molar-refractivity contribution in [2.75, 3.05) is 23.9 Å². The number of nitrogens with one attached hydrogen (secondary N) is 1. The lowest BCUT2D eigenvalue weighted by molar-refractivity contribution is -0.143. The Morgan fingerprint density at radius 3 is 2.42 bits per heavy atom. The van der Waals surface area contributed by atoms with Crippen molar-refractivity contribution in [1.29, 1.82) is 0 Å². The number of anilines is 3. The number of carbonyl (C=O) groups excluding carboxylic acids is 2. The third-order valence-electron chi connectivity index (χ3n) is 8.41. The lowest BCUT2D eigenvalue weighted by atomic mass is 9.82. The molecule has 1 saturated heterocycles. The monoisotopic (exact) mass is 530 g/mol. The van der Waals surface area contributed by atoms with Crippen molar-refractivity contribution in [3.05, 3.63) is 78.4 Å². The Hall–Kier alpha value is -3.46. The van der Waals surface area contributed by atoms with Crippen LogP contribution >= 0.6 is 0 Å². The average molecular weight is 531 g/mol. The number of benzene rings is 3. The van der Waals surface area contributed by atoms with E-state index in [1.54, 1.807) is 12.0 Å². The first-order chi connectivity index (χ1) is 18.3. The van der Waals surface area contributed by atoms with Crippen LogP contribution < -0.4 is 20.1 Å². The van der Waals surface area contributed by atoms with Gasteiger partial charge in [-0.05, 0) is 54.4 Å². The van der Waals surface area contributed by atoms with Crippen LogP contribution in [0.4, 0.5) is 17.1 Å². The third-order valence-corrected chi connectivity index (χ3v) is 12.8. The first-order valence-corrected chi connectivity index (χ1v) is 16.0. The van der Waals surface area contributed by atoms with E-state index in [1.165, 1.54) is 5.19 Å². The Balaban J connectivity index is 1.59. The molecule has 2 aliphatic rings. The summed E-state index contributed by atoms with van der Waals surface area (Å²) in [6.45, 7) is 6.67. The summed E-state index contributed by atoms with van der Waals surface area (Å²) >= 11 is 0. The molecule has 198 valence electrons. The first-order valence-electron chi connectivity index (χ1n) is 13.0. The Kier molecular flexibility index (Phi) is 6.89. The smallest absolute Gasteiger partial charge is 0.261 e. The van der Waals surface area contributed by atoms with Gasteiger partial charge in [0.2, 0.25) is 6.41 Å². The summed E-state index contributed by atoms with van der Waals surface area (Å²) in [7, 11) is -0.571. The van der Waals surface area contributed by atoms with E-state index in [4.69, 9.17) is 9.47 Å². The summed E-state index contributed by atoms with van der Waals surface area (Å²) in [6.07, 6.45) is 0.926. The molecule has 0 bridgehead atoms. The molecule has 1 fully saturated rings. The van der Waals surface area contributed by atoms with Gasteiger partial charge in [-0.25, -0.2) is 0 Å². The molecule has 7 nitrogen and oxygen atoms in total. The Bertz CT molecular complexity index is 1330. The Labute approximate surface area is 224 Å². The van der Waals surface area contributed by atoms with Crippen molar-refractivity contribution in [2.45, 2.75) is 43.7 Å². The van der Waals surface area contributed by atoms with Crippen LogP contribution in [-0.2, 0) is 19.9 Å². The molecule has 3 aromatic carbocycles. The number of ether oxygens (including phenoxy) is 2. The van der Waals surface area contributed by atoms with Gasteiger partial charge in [-0.1, -0.05) is 55.5 Å². The van der Waals surface area contributed by atoms with Gasteiger partial charge in [0, 0.05) is 35.2 Å². The molecule has 2 heterocycles. The van der Waals surface area contributed by atoms with Crippen molar-refractivity contribution in [3.63, 3.8) is 0 Å². The lowest BCUT2D eigenvalue weighted by Gasteiger charge is -2.37. The molecule has 0 saturated carbocycles.